The van der Waals surface area contributed by atoms with Gasteiger partial charge in [-0.2, -0.15) is 4.98 Å². The first-order valence-corrected chi connectivity index (χ1v) is 8.12. The predicted octanol–water partition coefficient (Wildman–Crippen LogP) is 0.552. The molecular weight excluding hydrogens is 338 g/mol. The molecule has 1 aliphatic rings. The second-order valence-corrected chi connectivity index (χ2v) is 6.44. The minimum atomic E-state index is -0.332. The molecule has 3 heterocycles. The third-order valence-electron chi connectivity index (χ3n) is 3.22. The van der Waals surface area contributed by atoms with E-state index in [0.717, 1.165) is 5.69 Å². The Hall–Kier alpha value is -2.20. The van der Waals surface area contributed by atoms with Crippen LogP contribution in [0.2, 0.25) is 0 Å². The van der Waals surface area contributed by atoms with Gasteiger partial charge >= 0.3 is 0 Å². The summed E-state index contributed by atoms with van der Waals surface area (Å²) >= 11 is 6.28. The Kier molecular flexibility index (Phi) is 4.44. The van der Waals surface area contributed by atoms with Crippen LogP contribution in [0.5, 0.6) is 0 Å². The van der Waals surface area contributed by atoms with Crippen molar-refractivity contribution in [2.75, 3.05) is 12.3 Å². The fourth-order valence-electron chi connectivity index (χ4n) is 2.03. The average Bonchev–Trinajstić information content (AvgIpc) is 3.22. The minimum Gasteiger partial charge on any atom is -0.348 e. The number of thioether (sulfide) groups is 1. The second-order valence-electron chi connectivity index (χ2n) is 4.83. The average molecular weight is 351 g/mol. The van der Waals surface area contributed by atoms with E-state index in [9.17, 15) is 9.59 Å². The van der Waals surface area contributed by atoms with Crippen LogP contribution in [0.3, 0.4) is 0 Å². The molecule has 2 aromatic heterocycles. The van der Waals surface area contributed by atoms with Crippen LogP contribution in [0, 0.1) is 0 Å². The van der Waals surface area contributed by atoms with E-state index in [4.69, 9.17) is 16.7 Å². The molecule has 10 heteroatoms. The third kappa shape index (κ3) is 3.42. The molecule has 1 N–H and O–H groups in total. The Morgan fingerprint density at radius 2 is 2.39 bits per heavy atom. The molecule has 1 aliphatic heterocycles. The van der Waals surface area contributed by atoms with E-state index in [1.807, 2.05) is 29.9 Å². The zero-order valence-electron chi connectivity index (χ0n) is 12.2. The van der Waals surface area contributed by atoms with Gasteiger partial charge in [0.25, 0.3) is 0 Å². The van der Waals surface area contributed by atoms with Gasteiger partial charge in [0.2, 0.25) is 23.5 Å². The maximum atomic E-state index is 11.9. The van der Waals surface area contributed by atoms with Gasteiger partial charge in [0, 0.05) is 13.2 Å². The summed E-state index contributed by atoms with van der Waals surface area (Å²) in [5.41, 5.74) is 0.816. The van der Waals surface area contributed by atoms with Gasteiger partial charge in [-0.05, 0) is 12.1 Å². The van der Waals surface area contributed by atoms with Crippen LogP contribution in [0.4, 0.5) is 0 Å². The molecule has 0 atom stereocenters. The maximum absolute atomic E-state index is 11.9. The van der Waals surface area contributed by atoms with Crippen LogP contribution in [-0.4, -0.2) is 48.0 Å². The molecule has 0 bridgehead atoms. The van der Waals surface area contributed by atoms with Crippen molar-refractivity contribution in [1.82, 2.24) is 24.9 Å². The zero-order chi connectivity index (χ0) is 16.4. The third-order valence-corrected chi connectivity index (χ3v) is 4.65. The smallest absolute Gasteiger partial charge is 0.246 e. The van der Waals surface area contributed by atoms with Gasteiger partial charge in [0.05, 0.1) is 18.0 Å². The number of carbonyl (C=O) groups excluding carboxylic acids is 2. The van der Waals surface area contributed by atoms with Gasteiger partial charge in [-0.1, -0.05) is 29.1 Å². The summed E-state index contributed by atoms with van der Waals surface area (Å²) in [5.74, 6) is 0.546. The molecule has 0 saturated carbocycles. The van der Waals surface area contributed by atoms with Crippen molar-refractivity contribution in [2.45, 2.75) is 6.54 Å². The summed E-state index contributed by atoms with van der Waals surface area (Å²) in [5, 5.41) is 6.51. The molecule has 23 heavy (non-hydrogen) atoms. The lowest BCUT2D eigenvalue weighted by Crippen LogP contribution is -2.39. The lowest BCUT2D eigenvalue weighted by atomic mass is 10.4. The summed E-state index contributed by atoms with van der Waals surface area (Å²) in [6.45, 7) is 0.00165. The van der Waals surface area contributed by atoms with Crippen molar-refractivity contribution in [2.24, 2.45) is 7.05 Å². The highest BCUT2D eigenvalue weighted by Gasteiger charge is 2.28. The standard InChI is InChI=1S/C13H13N5O3S2/c1-17-4-2-3-8(17)12-15-10(21-16-12)5-14-9(19)6-18-11(20)7-23-13(18)22/h2-4H,5-7H2,1H3,(H,14,19). The monoisotopic (exact) mass is 351 g/mol. The van der Waals surface area contributed by atoms with Crippen LogP contribution in [-0.2, 0) is 23.2 Å². The minimum absolute atomic E-state index is 0.0938. The molecule has 120 valence electrons. The maximum Gasteiger partial charge on any atom is 0.246 e. The van der Waals surface area contributed by atoms with E-state index in [1.54, 1.807) is 0 Å². The molecule has 8 nitrogen and oxygen atoms in total. The van der Waals surface area contributed by atoms with E-state index >= 15 is 0 Å². The van der Waals surface area contributed by atoms with Gasteiger partial charge < -0.3 is 14.4 Å². The number of amides is 2. The molecule has 1 fully saturated rings. The molecule has 2 amide bonds. The molecule has 1 saturated heterocycles. The number of thiocarbonyl (C=S) groups is 1. The summed E-state index contributed by atoms with van der Waals surface area (Å²) in [6.07, 6.45) is 1.88. The van der Waals surface area contributed by atoms with Crippen LogP contribution >= 0.6 is 24.0 Å². The van der Waals surface area contributed by atoms with E-state index < -0.39 is 0 Å². The number of nitrogens with zero attached hydrogens (tertiary/aromatic N) is 4. The number of rotatable bonds is 5. The quantitative estimate of drug-likeness (QED) is 0.786. The number of hydrogen-bond donors (Lipinski definition) is 1. The number of carbonyl (C=O) groups is 2. The first-order valence-electron chi connectivity index (χ1n) is 6.72. The van der Waals surface area contributed by atoms with Gasteiger partial charge in [0.15, 0.2) is 0 Å². The fourth-order valence-corrected chi connectivity index (χ4v) is 3.10. The van der Waals surface area contributed by atoms with E-state index in [-0.39, 0.29) is 30.7 Å². The number of aryl methyl sites for hydroxylation is 1. The SMILES string of the molecule is Cn1cccc1-c1noc(CNC(=O)CN2C(=O)CSC2=S)n1. The van der Waals surface area contributed by atoms with Crippen LogP contribution in [0.1, 0.15) is 5.89 Å². The Morgan fingerprint density at radius 3 is 3.04 bits per heavy atom. The van der Waals surface area contributed by atoms with Gasteiger partial charge in [0.1, 0.15) is 10.9 Å². The molecule has 0 aromatic carbocycles. The zero-order valence-corrected chi connectivity index (χ0v) is 13.8. The van der Waals surface area contributed by atoms with Crippen LogP contribution < -0.4 is 5.32 Å². The van der Waals surface area contributed by atoms with Gasteiger partial charge in [-0.3, -0.25) is 14.5 Å². The lowest BCUT2D eigenvalue weighted by molar-refractivity contribution is -0.130. The predicted molar refractivity (Wildman–Crippen MR) is 87.3 cm³/mol. The summed E-state index contributed by atoms with van der Waals surface area (Å²) in [4.78, 5) is 29.0. The van der Waals surface area contributed by atoms with Crippen LogP contribution in [0.15, 0.2) is 22.9 Å². The molecular formula is C13H13N5O3S2. The van der Waals surface area contributed by atoms with Gasteiger partial charge in [-0.25, -0.2) is 0 Å². The van der Waals surface area contributed by atoms with Gasteiger partial charge in [-0.15, -0.1) is 0 Å². The van der Waals surface area contributed by atoms with Crippen molar-refractivity contribution >= 4 is 40.1 Å². The molecule has 0 aliphatic carbocycles. The second kappa shape index (κ2) is 6.50. The topological polar surface area (TPSA) is 93.3 Å². The van der Waals surface area contributed by atoms with Crippen molar-refractivity contribution < 1.29 is 14.1 Å². The van der Waals surface area contributed by atoms with Crippen LogP contribution in [0.25, 0.3) is 11.5 Å². The van der Waals surface area contributed by atoms with E-state index in [1.165, 1.54) is 16.7 Å². The van der Waals surface area contributed by atoms with E-state index in [2.05, 4.69) is 15.5 Å². The summed E-state index contributed by atoms with van der Waals surface area (Å²) in [6, 6.07) is 3.74. The molecule has 2 aromatic rings. The molecule has 0 spiro atoms. The Balaban J connectivity index is 1.55. The fraction of sp³-hybridized carbons (Fsp3) is 0.308. The molecule has 3 rings (SSSR count). The normalized spacial score (nSPS) is 14.6. The largest absolute Gasteiger partial charge is 0.348 e. The Labute approximate surface area is 141 Å². The number of aromatic nitrogens is 3. The number of nitrogens with one attached hydrogen (secondary N) is 1. The summed E-state index contributed by atoms with van der Waals surface area (Å²) in [7, 11) is 1.88. The van der Waals surface area contributed by atoms with Crippen molar-refractivity contribution in [3.05, 3.63) is 24.2 Å². The van der Waals surface area contributed by atoms with Crippen molar-refractivity contribution in [3.8, 4) is 11.5 Å². The van der Waals surface area contributed by atoms with Crippen molar-refractivity contribution in [1.29, 1.82) is 0 Å². The lowest BCUT2D eigenvalue weighted by Gasteiger charge is -2.13. The number of hydrogen-bond acceptors (Lipinski definition) is 7. The van der Waals surface area contributed by atoms with E-state index in [0.29, 0.717) is 16.0 Å². The first-order chi connectivity index (χ1) is 11.0. The highest BCUT2D eigenvalue weighted by atomic mass is 32.2. The first kappa shape index (κ1) is 15.7. The molecule has 0 unspecified atom stereocenters. The highest BCUT2D eigenvalue weighted by Crippen LogP contribution is 2.18. The highest BCUT2D eigenvalue weighted by molar-refractivity contribution is 8.23. The summed E-state index contributed by atoms with van der Waals surface area (Å²) < 4.78 is 7.40. The Morgan fingerprint density at radius 1 is 1.57 bits per heavy atom. The molecule has 0 radical (unpaired) electrons. The van der Waals surface area contributed by atoms with Crippen molar-refractivity contribution in [3.63, 3.8) is 0 Å². The Bertz CT molecular complexity index is 753.